The lowest BCUT2D eigenvalue weighted by Crippen LogP contribution is -2.32. The number of pyridine rings is 1. The van der Waals surface area contributed by atoms with Crippen molar-refractivity contribution < 1.29 is 32.2 Å². The van der Waals surface area contributed by atoms with Crippen LogP contribution in [0.25, 0.3) is 5.57 Å². The van der Waals surface area contributed by atoms with E-state index in [9.17, 15) is 22.8 Å². The molecular weight excluding hydrogens is 451 g/mol. The largest absolute Gasteiger partial charge is 0.573 e. The van der Waals surface area contributed by atoms with E-state index < -0.39 is 23.9 Å². The summed E-state index contributed by atoms with van der Waals surface area (Å²) in [5, 5.41) is 2.89. The van der Waals surface area contributed by atoms with E-state index in [1.807, 2.05) is 0 Å². The lowest BCUT2D eigenvalue weighted by Gasteiger charge is -2.15. The van der Waals surface area contributed by atoms with Crippen molar-refractivity contribution in [1.29, 1.82) is 0 Å². The van der Waals surface area contributed by atoms with Crippen LogP contribution < -0.4 is 14.8 Å². The molecule has 4 rings (SSSR count). The smallest absolute Gasteiger partial charge is 0.497 e. The number of nitrogens with one attached hydrogen (secondary N) is 1. The first-order valence-corrected chi connectivity index (χ1v) is 10.0. The Morgan fingerprint density at radius 1 is 0.941 bits per heavy atom. The number of nitrogens with zero attached hydrogens (tertiary/aromatic N) is 2. The van der Waals surface area contributed by atoms with Crippen LogP contribution in [0.4, 0.5) is 18.9 Å². The second-order valence-corrected chi connectivity index (χ2v) is 7.23. The van der Waals surface area contributed by atoms with Gasteiger partial charge in [0.25, 0.3) is 11.8 Å². The zero-order chi connectivity index (χ0) is 24.3. The summed E-state index contributed by atoms with van der Waals surface area (Å²) >= 11 is 0. The number of hydrogen-bond acceptors (Lipinski definition) is 6. The van der Waals surface area contributed by atoms with E-state index >= 15 is 0 Å². The molecule has 2 amide bonds. The molecule has 1 aromatic heterocycles. The van der Waals surface area contributed by atoms with Crippen LogP contribution in [0.2, 0.25) is 0 Å². The number of amides is 2. The highest BCUT2D eigenvalue weighted by Gasteiger charge is 2.39. The second kappa shape index (κ2) is 9.26. The SMILES string of the molecule is COc1ccc(C2=C(Nc3ccc(OC(F)(F)F)cc3)C(=O)N(Cc3cccnc3)C2=O)cc1. The Kier molecular flexibility index (Phi) is 6.22. The summed E-state index contributed by atoms with van der Waals surface area (Å²) < 4.78 is 46.3. The van der Waals surface area contributed by atoms with E-state index in [0.29, 0.717) is 22.6 Å². The van der Waals surface area contributed by atoms with E-state index in [1.165, 1.54) is 19.2 Å². The van der Waals surface area contributed by atoms with Crippen molar-refractivity contribution in [3.05, 3.63) is 89.9 Å². The molecule has 0 fully saturated rings. The van der Waals surface area contributed by atoms with Gasteiger partial charge in [0.2, 0.25) is 0 Å². The van der Waals surface area contributed by atoms with E-state index in [0.717, 1.165) is 17.0 Å². The molecule has 3 aromatic rings. The van der Waals surface area contributed by atoms with Crippen LogP contribution >= 0.6 is 0 Å². The van der Waals surface area contributed by atoms with E-state index in [2.05, 4.69) is 15.0 Å². The monoisotopic (exact) mass is 469 g/mol. The number of anilines is 1. The van der Waals surface area contributed by atoms with Crippen molar-refractivity contribution in [1.82, 2.24) is 9.88 Å². The molecule has 0 saturated heterocycles. The minimum Gasteiger partial charge on any atom is -0.497 e. The van der Waals surface area contributed by atoms with Crippen molar-refractivity contribution in [3.63, 3.8) is 0 Å². The number of aromatic nitrogens is 1. The van der Waals surface area contributed by atoms with E-state index in [-0.39, 0.29) is 17.8 Å². The molecule has 10 heteroatoms. The molecule has 0 unspecified atom stereocenters. The number of carbonyl (C=O) groups is 2. The predicted octanol–water partition coefficient (Wildman–Crippen LogP) is 4.38. The van der Waals surface area contributed by atoms with Gasteiger partial charge < -0.3 is 14.8 Å². The van der Waals surface area contributed by atoms with Gasteiger partial charge in [0.1, 0.15) is 17.2 Å². The van der Waals surface area contributed by atoms with Crippen molar-refractivity contribution in [2.24, 2.45) is 0 Å². The maximum atomic E-state index is 13.3. The van der Waals surface area contributed by atoms with Crippen LogP contribution in [0, 0.1) is 0 Å². The lowest BCUT2D eigenvalue weighted by molar-refractivity contribution is -0.274. The predicted molar refractivity (Wildman–Crippen MR) is 116 cm³/mol. The molecule has 1 aliphatic heterocycles. The summed E-state index contributed by atoms with van der Waals surface area (Å²) in [6.45, 7) is 0.00863. The number of methoxy groups -OCH3 is 1. The van der Waals surface area contributed by atoms with Crippen LogP contribution in [-0.2, 0) is 16.1 Å². The Bertz CT molecular complexity index is 1230. The molecule has 0 saturated carbocycles. The quantitative estimate of drug-likeness (QED) is 0.518. The molecule has 2 aromatic carbocycles. The maximum absolute atomic E-state index is 13.3. The molecule has 0 aliphatic carbocycles. The number of benzene rings is 2. The number of rotatable bonds is 7. The van der Waals surface area contributed by atoms with Crippen molar-refractivity contribution in [2.45, 2.75) is 12.9 Å². The molecule has 0 spiro atoms. The summed E-state index contributed by atoms with van der Waals surface area (Å²) in [5.41, 5.74) is 1.58. The first-order chi connectivity index (χ1) is 16.2. The van der Waals surface area contributed by atoms with E-state index in [4.69, 9.17) is 4.74 Å². The Hall–Kier alpha value is -4.34. The summed E-state index contributed by atoms with van der Waals surface area (Å²) in [6, 6.07) is 14.9. The van der Waals surface area contributed by atoms with Crippen molar-refractivity contribution in [3.8, 4) is 11.5 Å². The maximum Gasteiger partial charge on any atom is 0.573 e. The fourth-order valence-electron chi connectivity index (χ4n) is 3.42. The first-order valence-electron chi connectivity index (χ1n) is 10.0. The molecule has 2 heterocycles. The Balaban J connectivity index is 1.67. The molecule has 174 valence electrons. The molecule has 34 heavy (non-hydrogen) atoms. The number of hydrogen-bond donors (Lipinski definition) is 1. The number of imide groups is 1. The fourth-order valence-corrected chi connectivity index (χ4v) is 3.42. The average molecular weight is 469 g/mol. The van der Waals surface area contributed by atoms with E-state index in [1.54, 1.807) is 48.8 Å². The van der Waals surface area contributed by atoms with Crippen LogP contribution in [0.15, 0.2) is 78.8 Å². The van der Waals surface area contributed by atoms with Crippen molar-refractivity contribution in [2.75, 3.05) is 12.4 Å². The molecule has 0 atom stereocenters. The third-order valence-corrected chi connectivity index (χ3v) is 4.97. The second-order valence-electron chi connectivity index (χ2n) is 7.23. The Morgan fingerprint density at radius 2 is 1.62 bits per heavy atom. The van der Waals surface area contributed by atoms with Crippen LogP contribution in [-0.4, -0.2) is 35.2 Å². The number of carbonyl (C=O) groups excluding carboxylic acids is 2. The van der Waals surface area contributed by atoms with Gasteiger partial charge >= 0.3 is 6.36 Å². The van der Waals surface area contributed by atoms with Crippen molar-refractivity contribution >= 4 is 23.1 Å². The highest BCUT2D eigenvalue weighted by Crippen LogP contribution is 2.33. The first kappa shape index (κ1) is 22.8. The van der Waals surface area contributed by atoms with Gasteiger partial charge in [-0.1, -0.05) is 18.2 Å². The Labute approximate surface area is 192 Å². The van der Waals surface area contributed by atoms with Gasteiger partial charge in [0, 0.05) is 18.1 Å². The molecule has 0 bridgehead atoms. The van der Waals surface area contributed by atoms with Gasteiger partial charge in [-0.05, 0) is 53.6 Å². The normalized spacial score (nSPS) is 13.9. The molecule has 1 N–H and O–H groups in total. The zero-order valence-electron chi connectivity index (χ0n) is 17.8. The van der Waals surface area contributed by atoms with Gasteiger partial charge in [0.05, 0.1) is 19.2 Å². The highest BCUT2D eigenvalue weighted by molar-refractivity contribution is 6.36. The van der Waals surface area contributed by atoms with Crippen LogP contribution in [0.1, 0.15) is 11.1 Å². The summed E-state index contributed by atoms with van der Waals surface area (Å²) in [4.78, 5) is 31.6. The fraction of sp³-hybridized carbons (Fsp3) is 0.125. The number of halogens is 3. The Morgan fingerprint density at radius 3 is 2.21 bits per heavy atom. The molecule has 1 aliphatic rings. The number of ether oxygens (including phenoxy) is 2. The average Bonchev–Trinajstić information content (AvgIpc) is 3.04. The highest BCUT2D eigenvalue weighted by atomic mass is 19.4. The zero-order valence-corrected chi connectivity index (χ0v) is 17.8. The van der Waals surface area contributed by atoms with Gasteiger partial charge in [-0.25, -0.2) is 0 Å². The third kappa shape index (κ3) is 5.01. The number of alkyl halides is 3. The summed E-state index contributed by atoms with van der Waals surface area (Å²) in [6.07, 6.45) is -1.69. The van der Waals surface area contributed by atoms with Gasteiger partial charge in [-0.3, -0.25) is 19.5 Å². The summed E-state index contributed by atoms with van der Waals surface area (Å²) in [7, 11) is 1.51. The molecule has 7 nitrogen and oxygen atoms in total. The minimum absolute atomic E-state index is 0.00328. The third-order valence-electron chi connectivity index (χ3n) is 4.97. The standard InChI is InChI=1S/C24H18F3N3O4/c1-33-18-8-4-16(5-9-18)20-21(29-17-6-10-19(11-7-17)34-24(25,26)27)23(32)30(22(20)31)14-15-3-2-12-28-13-15/h2-13,29H,14H2,1H3. The minimum atomic E-state index is -4.82. The van der Waals surface area contributed by atoms with Gasteiger partial charge in [-0.2, -0.15) is 0 Å². The van der Waals surface area contributed by atoms with Gasteiger partial charge in [0.15, 0.2) is 0 Å². The lowest BCUT2D eigenvalue weighted by atomic mass is 10.0. The summed E-state index contributed by atoms with van der Waals surface area (Å²) in [5.74, 6) is -0.925. The van der Waals surface area contributed by atoms with Gasteiger partial charge in [-0.15, -0.1) is 13.2 Å². The van der Waals surface area contributed by atoms with Crippen LogP contribution in [0.3, 0.4) is 0 Å². The molecule has 0 radical (unpaired) electrons. The topological polar surface area (TPSA) is 80.8 Å². The molecular formula is C24H18F3N3O4. The van der Waals surface area contributed by atoms with Crippen LogP contribution in [0.5, 0.6) is 11.5 Å².